The van der Waals surface area contributed by atoms with Crippen LogP contribution in [0.2, 0.25) is 0 Å². The summed E-state index contributed by atoms with van der Waals surface area (Å²) in [6.45, 7) is 3.14. The lowest BCUT2D eigenvalue weighted by Crippen LogP contribution is -2.38. The van der Waals surface area contributed by atoms with Gasteiger partial charge in [0.1, 0.15) is 0 Å². The van der Waals surface area contributed by atoms with E-state index in [1.807, 2.05) is 12.2 Å². The smallest absolute Gasteiger partial charge is 0.0455 e. The number of halogens is 1. The van der Waals surface area contributed by atoms with Crippen LogP contribution in [0.3, 0.4) is 0 Å². The van der Waals surface area contributed by atoms with E-state index < -0.39 is 0 Å². The van der Waals surface area contributed by atoms with Gasteiger partial charge in [0.25, 0.3) is 0 Å². The molecule has 0 amide bonds. The standard InChI is InChI=1S/C9H18ClN3/c1-3-13-8-9(11-12(13)2)6-4-5-7-10/h8,11H,3-7H2,1-2H3. The van der Waals surface area contributed by atoms with E-state index in [1.165, 1.54) is 5.70 Å². The van der Waals surface area contributed by atoms with E-state index in [0.29, 0.717) is 0 Å². The van der Waals surface area contributed by atoms with Crippen molar-refractivity contribution in [2.24, 2.45) is 0 Å². The number of nitrogens with zero attached hydrogens (tertiary/aromatic N) is 2. The van der Waals surface area contributed by atoms with Gasteiger partial charge in [0.05, 0.1) is 0 Å². The number of unbranched alkanes of at least 4 members (excludes halogenated alkanes) is 1. The van der Waals surface area contributed by atoms with Crippen LogP contribution >= 0.6 is 11.6 Å². The normalized spacial score (nSPS) is 17.5. The van der Waals surface area contributed by atoms with Crippen molar-refractivity contribution < 1.29 is 0 Å². The fraction of sp³-hybridized carbons (Fsp3) is 0.778. The predicted octanol–water partition coefficient (Wildman–Crippen LogP) is 1.92. The molecule has 1 heterocycles. The van der Waals surface area contributed by atoms with Gasteiger partial charge in [-0.1, -0.05) is 0 Å². The van der Waals surface area contributed by atoms with Crippen molar-refractivity contribution in [2.45, 2.75) is 26.2 Å². The molecule has 0 saturated heterocycles. The topological polar surface area (TPSA) is 18.5 Å². The van der Waals surface area contributed by atoms with Gasteiger partial charge in [0, 0.05) is 31.4 Å². The number of allylic oxidation sites excluding steroid dienone is 1. The van der Waals surface area contributed by atoms with Crippen LogP contribution in [0.5, 0.6) is 0 Å². The van der Waals surface area contributed by atoms with Crippen molar-refractivity contribution in [3.63, 3.8) is 0 Å². The van der Waals surface area contributed by atoms with Gasteiger partial charge in [-0.3, -0.25) is 5.01 Å². The van der Waals surface area contributed by atoms with Gasteiger partial charge < -0.3 is 5.43 Å². The molecule has 3 nitrogen and oxygen atoms in total. The third-order valence-corrected chi connectivity index (χ3v) is 2.42. The van der Waals surface area contributed by atoms with Crippen molar-refractivity contribution in [1.29, 1.82) is 0 Å². The largest absolute Gasteiger partial charge is 0.304 e. The molecule has 4 heteroatoms. The van der Waals surface area contributed by atoms with E-state index in [0.717, 1.165) is 31.7 Å². The molecule has 0 radical (unpaired) electrons. The molecule has 0 saturated carbocycles. The average molecular weight is 204 g/mol. The van der Waals surface area contributed by atoms with Crippen molar-refractivity contribution in [3.8, 4) is 0 Å². The molecule has 0 aromatic carbocycles. The summed E-state index contributed by atoms with van der Waals surface area (Å²) in [6, 6.07) is 0. The van der Waals surface area contributed by atoms with Crippen LogP contribution in [0.15, 0.2) is 11.9 Å². The Labute approximate surface area is 85.3 Å². The number of hydrogen-bond acceptors (Lipinski definition) is 3. The van der Waals surface area contributed by atoms with E-state index in [4.69, 9.17) is 11.6 Å². The highest BCUT2D eigenvalue weighted by Gasteiger charge is 2.14. The van der Waals surface area contributed by atoms with Crippen LogP contribution in [0, 0.1) is 0 Å². The number of hydrogen-bond donors (Lipinski definition) is 1. The maximum Gasteiger partial charge on any atom is 0.0455 e. The summed E-state index contributed by atoms with van der Waals surface area (Å²) >= 11 is 5.61. The van der Waals surface area contributed by atoms with Gasteiger partial charge in [-0.2, -0.15) is 0 Å². The summed E-state index contributed by atoms with van der Waals surface area (Å²) in [5, 5.41) is 4.16. The Hall–Kier alpha value is -0.410. The van der Waals surface area contributed by atoms with Crippen LogP contribution in [0.4, 0.5) is 0 Å². The zero-order valence-electron chi connectivity index (χ0n) is 8.39. The van der Waals surface area contributed by atoms with E-state index in [-0.39, 0.29) is 0 Å². The molecular weight excluding hydrogens is 186 g/mol. The minimum Gasteiger partial charge on any atom is -0.304 e. The van der Waals surface area contributed by atoms with Gasteiger partial charge >= 0.3 is 0 Å². The van der Waals surface area contributed by atoms with E-state index in [1.54, 1.807) is 0 Å². The average Bonchev–Trinajstić information content (AvgIpc) is 2.47. The molecule has 0 fully saturated rings. The molecule has 0 spiro atoms. The summed E-state index contributed by atoms with van der Waals surface area (Å²) in [5.74, 6) is 0.764. The molecule has 0 aromatic rings. The summed E-state index contributed by atoms with van der Waals surface area (Å²) < 4.78 is 0. The van der Waals surface area contributed by atoms with Crippen LogP contribution in [0.25, 0.3) is 0 Å². The van der Waals surface area contributed by atoms with Gasteiger partial charge in [0.2, 0.25) is 0 Å². The molecule has 76 valence electrons. The van der Waals surface area contributed by atoms with Crippen molar-refractivity contribution in [3.05, 3.63) is 11.9 Å². The number of rotatable bonds is 5. The summed E-state index contributed by atoms with van der Waals surface area (Å²) in [4.78, 5) is 0. The predicted molar refractivity (Wildman–Crippen MR) is 55.9 cm³/mol. The van der Waals surface area contributed by atoms with E-state index in [2.05, 4.69) is 23.6 Å². The first-order chi connectivity index (χ1) is 6.27. The van der Waals surface area contributed by atoms with Gasteiger partial charge in [-0.05, 0) is 26.2 Å². The van der Waals surface area contributed by atoms with E-state index in [9.17, 15) is 0 Å². The first-order valence-corrected chi connectivity index (χ1v) is 5.35. The summed E-state index contributed by atoms with van der Waals surface area (Å²) in [7, 11) is 2.02. The monoisotopic (exact) mass is 203 g/mol. The quantitative estimate of drug-likeness (QED) is 0.544. The second kappa shape index (κ2) is 5.35. The Kier molecular flexibility index (Phi) is 4.39. The Bertz CT molecular complexity index is 182. The minimum atomic E-state index is 0.764. The molecule has 1 rings (SSSR count). The van der Waals surface area contributed by atoms with Crippen molar-refractivity contribution in [1.82, 2.24) is 15.6 Å². The summed E-state index contributed by atoms with van der Waals surface area (Å²) in [6.07, 6.45) is 5.51. The van der Waals surface area contributed by atoms with Crippen LogP contribution in [0.1, 0.15) is 26.2 Å². The second-order valence-corrected chi connectivity index (χ2v) is 3.57. The minimum absolute atomic E-state index is 0.764. The molecule has 0 aliphatic carbocycles. The lowest BCUT2D eigenvalue weighted by Gasteiger charge is -2.22. The third-order valence-electron chi connectivity index (χ3n) is 2.15. The number of nitrogens with one attached hydrogen (secondary N) is 1. The number of hydrazine groups is 2. The molecule has 0 bridgehead atoms. The first kappa shape index (κ1) is 10.7. The SMILES string of the molecule is CCN1C=C(CCCCCl)NN1C. The highest BCUT2D eigenvalue weighted by molar-refractivity contribution is 6.17. The highest BCUT2D eigenvalue weighted by Crippen LogP contribution is 2.13. The molecule has 1 N–H and O–H groups in total. The Balaban J connectivity index is 2.27. The fourth-order valence-corrected chi connectivity index (χ4v) is 1.59. The summed E-state index contributed by atoms with van der Waals surface area (Å²) in [5.41, 5.74) is 4.58. The molecule has 0 unspecified atom stereocenters. The highest BCUT2D eigenvalue weighted by atomic mass is 35.5. The molecule has 0 aromatic heterocycles. The van der Waals surface area contributed by atoms with Crippen LogP contribution in [-0.4, -0.2) is 29.6 Å². The molecule has 1 aliphatic rings. The molecule has 1 aliphatic heterocycles. The maximum absolute atomic E-state index is 5.61. The second-order valence-electron chi connectivity index (χ2n) is 3.19. The Morgan fingerprint density at radius 1 is 1.46 bits per heavy atom. The maximum atomic E-state index is 5.61. The zero-order valence-corrected chi connectivity index (χ0v) is 9.14. The Morgan fingerprint density at radius 3 is 2.77 bits per heavy atom. The van der Waals surface area contributed by atoms with Crippen molar-refractivity contribution in [2.75, 3.05) is 19.5 Å². The van der Waals surface area contributed by atoms with Gasteiger partial charge in [-0.15, -0.1) is 16.7 Å². The van der Waals surface area contributed by atoms with Gasteiger partial charge in [-0.25, -0.2) is 0 Å². The van der Waals surface area contributed by atoms with Crippen LogP contribution in [-0.2, 0) is 0 Å². The fourth-order valence-electron chi connectivity index (χ4n) is 1.40. The third kappa shape index (κ3) is 3.08. The molecular formula is C9H18ClN3. The van der Waals surface area contributed by atoms with Crippen molar-refractivity contribution >= 4 is 11.6 Å². The number of alkyl halides is 1. The molecule has 13 heavy (non-hydrogen) atoms. The Morgan fingerprint density at radius 2 is 2.23 bits per heavy atom. The first-order valence-electron chi connectivity index (χ1n) is 4.81. The van der Waals surface area contributed by atoms with E-state index >= 15 is 0 Å². The molecule has 0 atom stereocenters. The lowest BCUT2D eigenvalue weighted by atomic mass is 10.2. The zero-order chi connectivity index (χ0) is 9.68. The van der Waals surface area contributed by atoms with Crippen LogP contribution < -0.4 is 5.43 Å². The lowest BCUT2D eigenvalue weighted by molar-refractivity contribution is 0.0409. The van der Waals surface area contributed by atoms with Gasteiger partial charge in [0.15, 0.2) is 0 Å².